The number of benzene rings is 1. The summed E-state index contributed by atoms with van der Waals surface area (Å²) in [4.78, 5) is 48.3. The van der Waals surface area contributed by atoms with Gasteiger partial charge in [-0.1, -0.05) is 12.2 Å². The van der Waals surface area contributed by atoms with E-state index in [1.165, 1.54) is 24.3 Å². The molecule has 0 unspecified atom stereocenters. The normalized spacial score (nSPS) is 29.2. The molecule has 1 N–H and O–H groups in total. The molecule has 25 heavy (non-hydrogen) atoms. The molecule has 1 saturated heterocycles. The second-order valence-corrected chi connectivity index (χ2v) is 6.61. The fraction of sp³-hybridized carbons (Fsp3) is 0.353. The van der Waals surface area contributed by atoms with Crippen LogP contribution < -0.4 is 5.32 Å². The number of nitro groups is 1. The first-order valence-electron chi connectivity index (χ1n) is 8.03. The van der Waals surface area contributed by atoms with Crippen LogP contribution in [0.2, 0.25) is 0 Å². The van der Waals surface area contributed by atoms with Crippen LogP contribution >= 0.6 is 0 Å². The average molecular weight is 341 g/mol. The van der Waals surface area contributed by atoms with Crippen LogP contribution in [0, 0.1) is 33.8 Å². The summed E-state index contributed by atoms with van der Waals surface area (Å²) >= 11 is 0. The monoisotopic (exact) mass is 341 g/mol. The molecule has 1 saturated carbocycles. The number of nitro benzene ring substituents is 1. The minimum atomic E-state index is -0.533. The van der Waals surface area contributed by atoms with Gasteiger partial charge in [-0.2, -0.15) is 0 Å². The standard InChI is InChI=1S/C17H15N3O5/c21-13(18-11-3-5-12(6-4-11)20(24)25)8-19-16(22)14-9-1-2-10(7-9)15(14)17(19)23/h1-6,9-10,14-15H,7-8H2,(H,18,21)/t9-,10-,14+,15+/m0/s1. The van der Waals surface area contributed by atoms with E-state index in [-0.39, 0.29) is 47.7 Å². The Morgan fingerprint density at radius 2 is 1.68 bits per heavy atom. The van der Waals surface area contributed by atoms with Crippen molar-refractivity contribution >= 4 is 29.1 Å². The number of amides is 3. The molecule has 4 rings (SSSR count). The predicted molar refractivity (Wildman–Crippen MR) is 86.2 cm³/mol. The number of anilines is 1. The minimum absolute atomic E-state index is 0.0845. The molecule has 0 radical (unpaired) electrons. The highest BCUT2D eigenvalue weighted by molar-refractivity contribution is 6.09. The molecule has 4 atom stereocenters. The molecule has 0 aromatic heterocycles. The number of carbonyl (C=O) groups is 3. The van der Waals surface area contributed by atoms with Crippen LogP contribution in [0.5, 0.6) is 0 Å². The van der Waals surface area contributed by atoms with Gasteiger partial charge in [0, 0.05) is 17.8 Å². The van der Waals surface area contributed by atoms with E-state index in [4.69, 9.17) is 0 Å². The molecule has 8 nitrogen and oxygen atoms in total. The fourth-order valence-electron chi connectivity index (χ4n) is 4.13. The molecule has 1 aromatic rings. The molecule has 0 spiro atoms. The number of imide groups is 1. The van der Waals surface area contributed by atoms with Crippen molar-refractivity contribution in [2.24, 2.45) is 23.7 Å². The van der Waals surface area contributed by atoms with Crippen molar-refractivity contribution in [3.05, 3.63) is 46.5 Å². The van der Waals surface area contributed by atoms with E-state index in [2.05, 4.69) is 5.32 Å². The first kappa shape index (κ1) is 15.5. The van der Waals surface area contributed by atoms with E-state index in [0.29, 0.717) is 5.69 Å². The number of hydrogen-bond donors (Lipinski definition) is 1. The van der Waals surface area contributed by atoms with Crippen LogP contribution in [-0.2, 0) is 14.4 Å². The Bertz CT molecular complexity index is 786. The maximum absolute atomic E-state index is 12.5. The minimum Gasteiger partial charge on any atom is -0.325 e. The maximum atomic E-state index is 12.5. The molecule has 8 heteroatoms. The first-order chi connectivity index (χ1) is 12.0. The molecule has 3 aliphatic rings. The lowest BCUT2D eigenvalue weighted by atomic mass is 9.85. The molecule has 1 heterocycles. The average Bonchev–Trinajstić information content (AvgIpc) is 3.25. The number of nitrogens with one attached hydrogen (secondary N) is 1. The topological polar surface area (TPSA) is 110 Å². The molecular weight excluding hydrogens is 326 g/mol. The van der Waals surface area contributed by atoms with Crippen LogP contribution in [0.25, 0.3) is 0 Å². The summed E-state index contributed by atoms with van der Waals surface area (Å²) in [6, 6.07) is 5.36. The van der Waals surface area contributed by atoms with Crippen LogP contribution in [0.3, 0.4) is 0 Å². The van der Waals surface area contributed by atoms with E-state index in [1.807, 2.05) is 12.2 Å². The third kappa shape index (κ3) is 2.41. The van der Waals surface area contributed by atoms with Gasteiger partial charge in [0.2, 0.25) is 17.7 Å². The Labute approximate surface area is 142 Å². The lowest BCUT2D eigenvalue weighted by molar-refractivity contribution is -0.384. The Kier molecular flexibility index (Phi) is 3.41. The zero-order chi connectivity index (χ0) is 17.7. The second-order valence-electron chi connectivity index (χ2n) is 6.61. The van der Waals surface area contributed by atoms with Crippen LogP contribution in [0.1, 0.15) is 6.42 Å². The Hall–Kier alpha value is -3.03. The van der Waals surface area contributed by atoms with Gasteiger partial charge in [0.25, 0.3) is 5.69 Å². The number of fused-ring (bicyclic) bond motifs is 5. The number of nitrogens with zero attached hydrogens (tertiary/aromatic N) is 2. The lowest BCUT2D eigenvalue weighted by Gasteiger charge is -2.16. The number of likely N-dealkylation sites (tertiary alicyclic amines) is 1. The highest BCUT2D eigenvalue weighted by atomic mass is 16.6. The summed E-state index contributed by atoms with van der Waals surface area (Å²) in [5.74, 6) is -1.49. The zero-order valence-electron chi connectivity index (χ0n) is 13.1. The SMILES string of the molecule is O=C(CN1C(=O)[C@H]2[C@H](C1=O)[C@H]1C=C[C@H]2C1)Nc1ccc([N+](=O)[O-])cc1. The summed E-state index contributed by atoms with van der Waals surface area (Å²) in [5.41, 5.74) is 0.287. The fourth-order valence-corrected chi connectivity index (χ4v) is 4.13. The van der Waals surface area contributed by atoms with Gasteiger partial charge in [-0.05, 0) is 30.4 Å². The van der Waals surface area contributed by atoms with Crippen LogP contribution in [0.15, 0.2) is 36.4 Å². The number of carbonyl (C=O) groups excluding carboxylic acids is 3. The third-order valence-electron chi connectivity index (χ3n) is 5.23. The molecule has 3 amide bonds. The number of non-ortho nitro benzene ring substituents is 1. The van der Waals surface area contributed by atoms with Crippen LogP contribution in [0.4, 0.5) is 11.4 Å². The van der Waals surface area contributed by atoms with Gasteiger partial charge in [-0.25, -0.2) is 0 Å². The molecular formula is C17H15N3O5. The molecule has 1 aliphatic heterocycles. The van der Waals surface area contributed by atoms with E-state index in [9.17, 15) is 24.5 Å². The van der Waals surface area contributed by atoms with Gasteiger partial charge < -0.3 is 5.32 Å². The third-order valence-corrected chi connectivity index (χ3v) is 5.23. The summed E-state index contributed by atoms with van der Waals surface area (Å²) in [5, 5.41) is 13.2. The molecule has 1 aromatic carbocycles. The van der Waals surface area contributed by atoms with Gasteiger partial charge in [0.15, 0.2) is 0 Å². The second kappa shape index (κ2) is 5.51. The van der Waals surface area contributed by atoms with Gasteiger partial charge in [0.05, 0.1) is 16.8 Å². The lowest BCUT2D eigenvalue weighted by Crippen LogP contribution is -2.39. The maximum Gasteiger partial charge on any atom is 0.269 e. The number of rotatable bonds is 4. The summed E-state index contributed by atoms with van der Waals surface area (Å²) in [6.45, 7) is -0.332. The van der Waals surface area contributed by atoms with Crippen molar-refractivity contribution in [2.45, 2.75) is 6.42 Å². The van der Waals surface area contributed by atoms with E-state index >= 15 is 0 Å². The predicted octanol–water partition coefficient (Wildman–Crippen LogP) is 1.34. The van der Waals surface area contributed by atoms with E-state index in [1.54, 1.807) is 0 Å². The van der Waals surface area contributed by atoms with E-state index in [0.717, 1.165) is 11.3 Å². The summed E-state index contributed by atoms with van der Waals surface area (Å²) in [7, 11) is 0. The van der Waals surface area contributed by atoms with Crippen molar-refractivity contribution in [3.8, 4) is 0 Å². The molecule has 2 aliphatic carbocycles. The molecule has 128 valence electrons. The Morgan fingerprint density at radius 1 is 1.12 bits per heavy atom. The van der Waals surface area contributed by atoms with Gasteiger partial charge >= 0.3 is 0 Å². The van der Waals surface area contributed by atoms with Crippen molar-refractivity contribution in [2.75, 3.05) is 11.9 Å². The zero-order valence-corrected chi connectivity index (χ0v) is 13.1. The van der Waals surface area contributed by atoms with Gasteiger partial charge in [-0.3, -0.25) is 29.4 Å². The highest BCUT2D eigenvalue weighted by Crippen LogP contribution is 2.52. The largest absolute Gasteiger partial charge is 0.325 e. The number of allylic oxidation sites excluding steroid dienone is 2. The number of hydrogen-bond acceptors (Lipinski definition) is 5. The van der Waals surface area contributed by atoms with Crippen molar-refractivity contribution < 1.29 is 19.3 Å². The van der Waals surface area contributed by atoms with Gasteiger partial charge in [0.1, 0.15) is 6.54 Å². The van der Waals surface area contributed by atoms with Crippen molar-refractivity contribution in [3.63, 3.8) is 0 Å². The van der Waals surface area contributed by atoms with Crippen molar-refractivity contribution in [1.29, 1.82) is 0 Å². The highest BCUT2D eigenvalue weighted by Gasteiger charge is 2.59. The van der Waals surface area contributed by atoms with Crippen LogP contribution in [-0.4, -0.2) is 34.1 Å². The first-order valence-corrected chi connectivity index (χ1v) is 8.03. The summed E-state index contributed by atoms with van der Waals surface area (Å²) < 4.78 is 0. The smallest absolute Gasteiger partial charge is 0.269 e. The van der Waals surface area contributed by atoms with Gasteiger partial charge in [-0.15, -0.1) is 0 Å². The summed E-state index contributed by atoms with van der Waals surface area (Å²) in [6.07, 6.45) is 4.84. The Morgan fingerprint density at radius 3 is 2.20 bits per heavy atom. The van der Waals surface area contributed by atoms with E-state index < -0.39 is 10.8 Å². The Balaban J connectivity index is 1.42. The molecule has 2 bridgehead atoms. The quantitative estimate of drug-likeness (QED) is 0.385. The molecule has 2 fully saturated rings. The van der Waals surface area contributed by atoms with Crippen molar-refractivity contribution in [1.82, 2.24) is 4.90 Å².